The second-order valence-corrected chi connectivity index (χ2v) is 5.08. The fourth-order valence-electron chi connectivity index (χ4n) is 1.95. The van der Waals surface area contributed by atoms with Gasteiger partial charge in [-0.25, -0.2) is 4.98 Å². The highest BCUT2D eigenvalue weighted by molar-refractivity contribution is 9.10. The monoisotopic (exact) mass is 320 g/mol. The molecule has 1 aromatic rings. The van der Waals surface area contributed by atoms with Gasteiger partial charge in [0.1, 0.15) is 0 Å². The SMILES string of the molecule is Brc1ccc(OCCC2CCCNC2)nc1.Cl. The van der Waals surface area contributed by atoms with Crippen molar-refractivity contribution in [3.63, 3.8) is 0 Å². The average Bonchev–Trinajstić information content (AvgIpc) is 2.33. The Labute approximate surface area is 117 Å². The fraction of sp³-hybridized carbons (Fsp3) is 0.583. The highest BCUT2D eigenvalue weighted by atomic mass is 79.9. The van der Waals surface area contributed by atoms with Gasteiger partial charge in [-0.1, -0.05) is 0 Å². The number of hydrogen-bond acceptors (Lipinski definition) is 3. The van der Waals surface area contributed by atoms with Gasteiger partial charge in [-0.3, -0.25) is 0 Å². The van der Waals surface area contributed by atoms with Gasteiger partial charge < -0.3 is 10.1 Å². The number of aromatic nitrogens is 1. The number of pyridine rings is 1. The Balaban J connectivity index is 0.00000144. The van der Waals surface area contributed by atoms with E-state index in [1.54, 1.807) is 6.20 Å². The van der Waals surface area contributed by atoms with Crippen LogP contribution < -0.4 is 10.1 Å². The molecule has 0 aliphatic carbocycles. The van der Waals surface area contributed by atoms with Crippen molar-refractivity contribution in [2.75, 3.05) is 19.7 Å². The molecule has 5 heteroatoms. The van der Waals surface area contributed by atoms with E-state index in [1.165, 1.54) is 19.4 Å². The van der Waals surface area contributed by atoms with Gasteiger partial charge in [-0.15, -0.1) is 12.4 Å². The number of hydrogen-bond donors (Lipinski definition) is 1. The zero-order valence-electron chi connectivity index (χ0n) is 9.69. The molecule has 0 aromatic carbocycles. The van der Waals surface area contributed by atoms with Crippen molar-refractivity contribution in [2.45, 2.75) is 19.3 Å². The van der Waals surface area contributed by atoms with E-state index >= 15 is 0 Å². The maximum Gasteiger partial charge on any atom is 0.213 e. The van der Waals surface area contributed by atoms with Crippen molar-refractivity contribution in [2.24, 2.45) is 5.92 Å². The van der Waals surface area contributed by atoms with Gasteiger partial charge >= 0.3 is 0 Å². The molecular formula is C12H18BrClN2O. The summed E-state index contributed by atoms with van der Waals surface area (Å²) in [4.78, 5) is 4.18. The summed E-state index contributed by atoms with van der Waals surface area (Å²) in [6.45, 7) is 3.07. The minimum atomic E-state index is 0. The molecule has 0 radical (unpaired) electrons. The van der Waals surface area contributed by atoms with Crippen LogP contribution in [0.5, 0.6) is 5.88 Å². The lowest BCUT2D eigenvalue weighted by Crippen LogP contribution is -2.30. The summed E-state index contributed by atoms with van der Waals surface area (Å²) in [6, 6.07) is 3.84. The number of nitrogens with one attached hydrogen (secondary N) is 1. The molecule has 1 aliphatic rings. The van der Waals surface area contributed by atoms with Crippen molar-refractivity contribution in [1.29, 1.82) is 0 Å². The van der Waals surface area contributed by atoms with Crippen molar-refractivity contribution in [1.82, 2.24) is 10.3 Å². The summed E-state index contributed by atoms with van der Waals surface area (Å²) < 4.78 is 6.59. The molecule has 0 saturated carbocycles. The molecule has 0 amide bonds. The molecule has 1 N–H and O–H groups in total. The van der Waals surface area contributed by atoms with E-state index in [0.717, 1.165) is 30.0 Å². The molecular weight excluding hydrogens is 304 g/mol. The first-order valence-electron chi connectivity index (χ1n) is 5.79. The van der Waals surface area contributed by atoms with E-state index in [0.29, 0.717) is 5.88 Å². The third-order valence-electron chi connectivity index (χ3n) is 2.88. The Morgan fingerprint density at radius 2 is 2.35 bits per heavy atom. The van der Waals surface area contributed by atoms with E-state index < -0.39 is 0 Å². The normalized spacial score (nSPS) is 19.5. The highest BCUT2D eigenvalue weighted by Gasteiger charge is 2.12. The molecule has 1 unspecified atom stereocenters. The van der Waals surface area contributed by atoms with Crippen LogP contribution in [0.1, 0.15) is 19.3 Å². The van der Waals surface area contributed by atoms with Gasteiger partial charge in [0.25, 0.3) is 0 Å². The first kappa shape index (κ1) is 14.7. The van der Waals surface area contributed by atoms with Crippen LogP contribution in [-0.2, 0) is 0 Å². The first-order valence-corrected chi connectivity index (χ1v) is 6.59. The predicted molar refractivity (Wildman–Crippen MR) is 74.9 cm³/mol. The molecule has 1 aromatic heterocycles. The summed E-state index contributed by atoms with van der Waals surface area (Å²) >= 11 is 3.35. The predicted octanol–water partition coefficient (Wildman–Crippen LogP) is 3.03. The van der Waals surface area contributed by atoms with Gasteiger partial charge in [0.15, 0.2) is 0 Å². The lowest BCUT2D eigenvalue weighted by molar-refractivity contribution is 0.247. The second kappa shape index (κ2) is 7.90. The van der Waals surface area contributed by atoms with E-state index in [4.69, 9.17) is 4.74 Å². The molecule has 0 bridgehead atoms. The third kappa shape index (κ3) is 5.23. The standard InChI is InChI=1S/C12H17BrN2O.ClH/c13-11-3-4-12(15-9-11)16-7-5-10-2-1-6-14-8-10;/h3-4,9-10,14H,1-2,5-8H2;1H. The molecule has 1 fully saturated rings. The molecule has 0 spiro atoms. The first-order chi connectivity index (χ1) is 7.84. The van der Waals surface area contributed by atoms with Gasteiger partial charge in [-0.2, -0.15) is 0 Å². The van der Waals surface area contributed by atoms with Gasteiger partial charge in [0.2, 0.25) is 5.88 Å². The molecule has 96 valence electrons. The maximum atomic E-state index is 5.60. The number of nitrogens with zero attached hydrogens (tertiary/aromatic N) is 1. The van der Waals surface area contributed by atoms with Gasteiger partial charge in [0.05, 0.1) is 6.61 Å². The van der Waals surface area contributed by atoms with Crippen LogP contribution >= 0.6 is 28.3 Å². The van der Waals surface area contributed by atoms with Crippen LogP contribution in [0.2, 0.25) is 0 Å². The number of ether oxygens (including phenoxy) is 1. The minimum absolute atomic E-state index is 0. The van der Waals surface area contributed by atoms with Crippen LogP contribution in [0.4, 0.5) is 0 Å². The summed E-state index contributed by atoms with van der Waals surface area (Å²) in [5.41, 5.74) is 0. The summed E-state index contributed by atoms with van der Waals surface area (Å²) in [7, 11) is 0. The van der Waals surface area contributed by atoms with Crippen molar-refractivity contribution < 1.29 is 4.74 Å². The highest BCUT2D eigenvalue weighted by Crippen LogP contribution is 2.16. The summed E-state index contributed by atoms with van der Waals surface area (Å²) in [5, 5.41) is 3.41. The van der Waals surface area contributed by atoms with Crippen LogP contribution in [-0.4, -0.2) is 24.7 Å². The third-order valence-corrected chi connectivity index (χ3v) is 3.34. The molecule has 1 atom stereocenters. The molecule has 1 saturated heterocycles. The zero-order chi connectivity index (χ0) is 11.2. The van der Waals surface area contributed by atoms with Crippen LogP contribution in [0, 0.1) is 5.92 Å². The Hall–Kier alpha value is -0.320. The smallest absolute Gasteiger partial charge is 0.213 e. The van der Waals surface area contributed by atoms with Crippen LogP contribution in [0.15, 0.2) is 22.8 Å². The molecule has 2 rings (SSSR count). The lowest BCUT2D eigenvalue weighted by Gasteiger charge is -2.22. The van der Waals surface area contributed by atoms with Crippen LogP contribution in [0.25, 0.3) is 0 Å². The number of piperidine rings is 1. The van der Waals surface area contributed by atoms with E-state index in [-0.39, 0.29) is 12.4 Å². The summed E-state index contributed by atoms with van der Waals surface area (Å²) in [5.74, 6) is 1.48. The summed E-state index contributed by atoms with van der Waals surface area (Å²) in [6.07, 6.45) is 5.49. The lowest BCUT2D eigenvalue weighted by atomic mass is 9.97. The zero-order valence-corrected chi connectivity index (χ0v) is 12.1. The van der Waals surface area contributed by atoms with Crippen molar-refractivity contribution in [3.05, 3.63) is 22.8 Å². The topological polar surface area (TPSA) is 34.1 Å². The second-order valence-electron chi connectivity index (χ2n) is 4.16. The Morgan fingerprint density at radius 1 is 1.47 bits per heavy atom. The minimum Gasteiger partial charge on any atom is -0.478 e. The van der Waals surface area contributed by atoms with E-state index in [1.807, 2.05) is 12.1 Å². The Bertz CT molecular complexity index is 315. The maximum absolute atomic E-state index is 5.60. The number of halogens is 2. The molecule has 2 heterocycles. The fourth-order valence-corrected chi connectivity index (χ4v) is 2.18. The largest absolute Gasteiger partial charge is 0.478 e. The van der Waals surface area contributed by atoms with Gasteiger partial charge in [-0.05, 0) is 60.3 Å². The Kier molecular flexibility index (Phi) is 6.85. The van der Waals surface area contributed by atoms with Gasteiger partial charge in [0, 0.05) is 16.7 Å². The van der Waals surface area contributed by atoms with Crippen LogP contribution in [0.3, 0.4) is 0 Å². The molecule has 1 aliphatic heterocycles. The van der Waals surface area contributed by atoms with Crippen molar-refractivity contribution in [3.8, 4) is 5.88 Å². The van der Waals surface area contributed by atoms with Crippen molar-refractivity contribution >= 4 is 28.3 Å². The van der Waals surface area contributed by atoms with E-state index in [2.05, 4.69) is 26.2 Å². The quantitative estimate of drug-likeness (QED) is 0.925. The molecule has 17 heavy (non-hydrogen) atoms. The molecule has 3 nitrogen and oxygen atoms in total. The van der Waals surface area contributed by atoms with E-state index in [9.17, 15) is 0 Å². The Morgan fingerprint density at radius 3 is 3.00 bits per heavy atom. The average molecular weight is 322 g/mol. The number of rotatable bonds is 4.